The number of fused-ring (bicyclic) bond motifs is 7. The molecule has 0 aromatic heterocycles. The van der Waals surface area contributed by atoms with E-state index in [1.54, 1.807) is 0 Å². The Balaban J connectivity index is 1.03. The molecule has 13 aromatic rings. The molecule has 0 heterocycles. The molecule has 0 N–H and O–H groups in total. The van der Waals surface area contributed by atoms with Gasteiger partial charge in [-0.15, -0.1) is 0 Å². The predicted molar refractivity (Wildman–Crippen MR) is 296 cm³/mol. The molecule has 0 aliphatic carbocycles. The lowest BCUT2D eigenvalue weighted by molar-refractivity contribution is 1.28. The summed E-state index contributed by atoms with van der Waals surface area (Å²) in [7, 11) is 0. The van der Waals surface area contributed by atoms with E-state index in [1.165, 1.54) is 98.4 Å². The zero-order valence-electron chi connectivity index (χ0n) is 37.9. The Labute approximate surface area is 402 Å². The molecule has 322 valence electrons. The van der Waals surface area contributed by atoms with Crippen molar-refractivity contribution in [3.05, 3.63) is 273 Å². The van der Waals surface area contributed by atoms with Crippen LogP contribution in [0.2, 0.25) is 0 Å². The van der Waals surface area contributed by atoms with E-state index in [4.69, 9.17) is 0 Å². The van der Waals surface area contributed by atoms with Crippen molar-refractivity contribution in [2.45, 2.75) is 0 Å². The van der Waals surface area contributed by atoms with Gasteiger partial charge in [-0.3, -0.25) is 0 Å². The fourth-order valence-corrected chi connectivity index (χ4v) is 10.9. The highest BCUT2D eigenvalue weighted by Gasteiger charge is 2.22. The topological polar surface area (TPSA) is 3.24 Å². The number of para-hydroxylation sites is 1. The normalized spacial score (nSPS) is 11.5. The Kier molecular flexibility index (Phi) is 9.91. The molecule has 0 amide bonds. The van der Waals surface area contributed by atoms with Crippen molar-refractivity contribution < 1.29 is 0 Å². The average Bonchev–Trinajstić information content (AvgIpc) is 3.43. The molecule has 69 heavy (non-hydrogen) atoms. The second kappa shape index (κ2) is 17.0. The van der Waals surface area contributed by atoms with Gasteiger partial charge < -0.3 is 4.90 Å². The molecule has 0 spiro atoms. The first-order valence-corrected chi connectivity index (χ1v) is 23.8. The largest absolute Gasteiger partial charge is 0.310 e. The molecule has 0 aliphatic heterocycles. The minimum Gasteiger partial charge on any atom is -0.310 e. The van der Waals surface area contributed by atoms with Crippen LogP contribution in [0.25, 0.3) is 109 Å². The van der Waals surface area contributed by atoms with Crippen LogP contribution < -0.4 is 4.90 Å². The van der Waals surface area contributed by atoms with Gasteiger partial charge in [-0.2, -0.15) is 0 Å². The van der Waals surface area contributed by atoms with Crippen molar-refractivity contribution in [1.82, 2.24) is 0 Å². The second-order valence-corrected chi connectivity index (χ2v) is 18.0. The van der Waals surface area contributed by atoms with E-state index >= 15 is 0 Å². The number of hydrogen-bond donors (Lipinski definition) is 0. The summed E-state index contributed by atoms with van der Waals surface area (Å²) in [6.45, 7) is 0. The number of nitrogens with zero attached hydrogens (tertiary/aromatic N) is 1. The van der Waals surface area contributed by atoms with E-state index in [2.05, 4.69) is 278 Å². The van der Waals surface area contributed by atoms with Crippen LogP contribution in [-0.4, -0.2) is 0 Å². The molecule has 13 aromatic carbocycles. The zero-order chi connectivity index (χ0) is 45.7. The summed E-state index contributed by atoms with van der Waals surface area (Å²) in [6.07, 6.45) is 0. The quantitative estimate of drug-likeness (QED) is 0.138. The highest BCUT2D eigenvalue weighted by Crippen LogP contribution is 2.48. The molecule has 1 nitrogen and oxygen atoms in total. The van der Waals surface area contributed by atoms with Gasteiger partial charge in [0, 0.05) is 16.9 Å². The van der Waals surface area contributed by atoms with Crippen LogP contribution in [0.5, 0.6) is 0 Å². The van der Waals surface area contributed by atoms with Gasteiger partial charge in [0.25, 0.3) is 0 Å². The molecule has 0 saturated carbocycles. The van der Waals surface area contributed by atoms with Crippen LogP contribution in [0.3, 0.4) is 0 Å². The van der Waals surface area contributed by atoms with Gasteiger partial charge in [0.15, 0.2) is 0 Å². The number of rotatable bonds is 8. The molecular formula is C68H45N. The lowest BCUT2D eigenvalue weighted by Gasteiger charge is -2.29. The Bertz CT molecular complexity index is 4050. The van der Waals surface area contributed by atoms with E-state index in [0.717, 1.165) is 28.2 Å². The fraction of sp³-hybridized carbons (Fsp3) is 0. The van der Waals surface area contributed by atoms with E-state index < -0.39 is 0 Å². The van der Waals surface area contributed by atoms with Crippen molar-refractivity contribution in [3.8, 4) is 55.6 Å². The van der Waals surface area contributed by atoms with Gasteiger partial charge >= 0.3 is 0 Å². The van der Waals surface area contributed by atoms with Crippen LogP contribution in [-0.2, 0) is 0 Å². The Morgan fingerprint density at radius 1 is 0.203 bits per heavy atom. The van der Waals surface area contributed by atoms with Crippen LogP contribution in [0, 0.1) is 0 Å². The fourth-order valence-electron chi connectivity index (χ4n) is 10.9. The van der Waals surface area contributed by atoms with Crippen molar-refractivity contribution >= 4 is 70.9 Å². The summed E-state index contributed by atoms with van der Waals surface area (Å²) in [6, 6.07) is 100. The van der Waals surface area contributed by atoms with E-state index in [0.29, 0.717) is 0 Å². The Morgan fingerprint density at radius 2 is 0.696 bits per heavy atom. The van der Waals surface area contributed by atoms with Gasteiger partial charge in [0.2, 0.25) is 0 Å². The summed E-state index contributed by atoms with van der Waals surface area (Å²) < 4.78 is 0. The second-order valence-electron chi connectivity index (χ2n) is 18.0. The molecule has 1 heteroatoms. The van der Waals surface area contributed by atoms with Crippen molar-refractivity contribution in [1.29, 1.82) is 0 Å². The van der Waals surface area contributed by atoms with Gasteiger partial charge in [-0.05, 0) is 146 Å². The van der Waals surface area contributed by atoms with Crippen LogP contribution in [0.1, 0.15) is 0 Å². The molecule has 0 unspecified atom stereocenters. The average molecular weight is 876 g/mol. The molecule has 0 aliphatic rings. The SMILES string of the molecule is c1ccc(-c2c(-c3ccccc3)c3cc(-c4ccccc4N(c4ccc(-c5cc6ccccc6c6ccccc56)cc4)c4cccc(-c5cccc6ccccc56)c4)ccc3c3ccccc23)cc1. The van der Waals surface area contributed by atoms with Crippen LogP contribution in [0.4, 0.5) is 17.1 Å². The van der Waals surface area contributed by atoms with Gasteiger partial charge in [-0.25, -0.2) is 0 Å². The number of anilines is 3. The smallest absolute Gasteiger partial charge is 0.0540 e. The first kappa shape index (κ1) is 40.3. The zero-order valence-corrected chi connectivity index (χ0v) is 37.9. The van der Waals surface area contributed by atoms with Crippen molar-refractivity contribution in [2.24, 2.45) is 0 Å². The summed E-state index contributed by atoms with van der Waals surface area (Å²) >= 11 is 0. The van der Waals surface area contributed by atoms with E-state index in [9.17, 15) is 0 Å². The summed E-state index contributed by atoms with van der Waals surface area (Å²) in [5.41, 5.74) is 15.3. The van der Waals surface area contributed by atoms with Gasteiger partial charge in [0.1, 0.15) is 0 Å². The van der Waals surface area contributed by atoms with E-state index in [1.807, 2.05) is 0 Å². The van der Waals surface area contributed by atoms with E-state index in [-0.39, 0.29) is 0 Å². The third-order valence-electron chi connectivity index (χ3n) is 14.0. The number of hydrogen-bond acceptors (Lipinski definition) is 1. The van der Waals surface area contributed by atoms with Crippen molar-refractivity contribution in [3.63, 3.8) is 0 Å². The Morgan fingerprint density at radius 3 is 1.45 bits per heavy atom. The summed E-state index contributed by atoms with van der Waals surface area (Å²) in [5, 5.41) is 12.5. The third kappa shape index (κ3) is 7.03. The van der Waals surface area contributed by atoms with Crippen LogP contribution >= 0.6 is 0 Å². The minimum atomic E-state index is 1.08. The maximum atomic E-state index is 2.45. The van der Waals surface area contributed by atoms with Gasteiger partial charge in [0.05, 0.1) is 5.69 Å². The maximum absolute atomic E-state index is 2.45. The lowest BCUT2D eigenvalue weighted by atomic mass is 9.84. The van der Waals surface area contributed by atoms with Crippen molar-refractivity contribution in [2.75, 3.05) is 4.90 Å². The number of benzene rings is 13. The van der Waals surface area contributed by atoms with Gasteiger partial charge in [-0.1, -0.05) is 231 Å². The lowest BCUT2D eigenvalue weighted by Crippen LogP contribution is -2.11. The molecule has 0 atom stereocenters. The molecule has 0 saturated heterocycles. The van der Waals surface area contributed by atoms with Crippen LogP contribution in [0.15, 0.2) is 273 Å². The summed E-state index contributed by atoms with van der Waals surface area (Å²) in [4.78, 5) is 2.45. The minimum absolute atomic E-state index is 1.08. The molecular weight excluding hydrogens is 831 g/mol. The Hall–Kier alpha value is -9.04. The summed E-state index contributed by atoms with van der Waals surface area (Å²) in [5.74, 6) is 0. The molecule has 0 fully saturated rings. The first-order valence-electron chi connectivity index (χ1n) is 23.8. The first-order chi connectivity index (χ1) is 34.2. The monoisotopic (exact) mass is 875 g/mol. The highest BCUT2D eigenvalue weighted by molar-refractivity contribution is 6.22. The third-order valence-corrected chi connectivity index (χ3v) is 14.0. The predicted octanol–water partition coefficient (Wildman–Crippen LogP) is 19.3. The standard InChI is InChI=1S/C68H45N/c1-3-20-48(21-4-1)67-63-34-14-13-32-60(63)62-42-39-52(45-65(62)68(67)49-22-5-2-6-23-49)58-30-15-16-36-66(58)69(54-27-17-26-50(43-54)56-35-18-25-46-19-7-9-28-55(46)56)53-40-37-47(38-41-53)64-44-51-24-8-10-29-57(51)59-31-11-12-33-61(59)64/h1-45H. The molecule has 13 rings (SSSR count). The maximum Gasteiger partial charge on any atom is 0.0540 e. The highest BCUT2D eigenvalue weighted by atomic mass is 15.1. The molecule has 0 bridgehead atoms. The molecule has 0 radical (unpaired) electrons.